The molecule has 108 valence electrons. The van der Waals surface area contributed by atoms with Crippen molar-refractivity contribution in [3.8, 4) is 0 Å². The first-order chi connectivity index (χ1) is 8.59. The molecule has 1 aromatic rings. The lowest BCUT2D eigenvalue weighted by Crippen LogP contribution is -2.40. The van der Waals surface area contributed by atoms with Crippen LogP contribution in [0.2, 0.25) is 5.02 Å². The van der Waals surface area contributed by atoms with E-state index in [0.29, 0.717) is 17.9 Å². The molecular formula is C15H23ClFNO. The lowest BCUT2D eigenvalue weighted by molar-refractivity contribution is 0.0499. The van der Waals surface area contributed by atoms with E-state index in [2.05, 4.69) is 26.1 Å². The second-order valence-corrected chi connectivity index (χ2v) is 6.74. The Bertz CT molecular complexity index is 427. The van der Waals surface area contributed by atoms with Crippen molar-refractivity contribution in [2.24, 2.45) is 0 Å². The number of nitrogens with one attached hydrogen (secondary N) is 1. The number of aliphatic hydroxyl groups is 1. The molecule has 2 nitrogen and oxygen atoms in total. The van der Waals surface area contributed by atoms with Crippen LogP contribution in [0.15, 0.2) is 18.2 Å². The van der Waals surface area contributed by atoms with Crippen LogP contribution in [0.25, 0.3) is 0 Å². The van der Waals surface area contributed by atoms with Crippen LogP contribution in [-0.2, 0) is 6.42 Å². The van der Waals surface area contributed by atoms with Crippen molar-refractivity contribution in [3.63, 3.8) is 0 Å². The fourth-order valence-corrected chi connectivity index (χ4v) is 2.10. The van der Waals surface area contributed by atoms with E-state index >= 15 is 0 Å². The van der Waals surface area contributed by atoms with Gasteiger partial charge >= 0.3 is 0 Å². The molecule has 2 N–H and O–H groups in total. The molecule has 0 aliphatic rings. The van der Waals surface area contributed by atoms with Crippen LogP contribution in [0.3, 0.4) is 0 Å². The molecule has 1 aromatic carbocycles. The van der Waals surface area contributed by atoms with Crippen molar-refractivity contribution >= 4 is 11.6 Å². The van der Waals surface area contributed by atoms with Crippen LogP contribution in [0.4, 0.5) is 4.39 Å². The number of halogens is 2. The minimum atomic E-state index is -0.861. The lowest BCUT2D eigenvalue weighted by atomic mass is 9.92. The van der Waals surface area contributed by atoms with Gasteiger partial charge in [-0.2, -0.15) is 0 Å². The van der Waals surface area contributed by atoms with Crippen LogP contribution in [0, 0.1) is 5.82 Å². The van der Waals surface area contributed by atoms with E-state index in [1.54, 1.807) is 13.0 Å². The minimum Gasteiger partial charge on any atom is -0.390 e. The van der Waals surface area contributed by atoms with Gasteiger partial charge in [0.15, 0.2) is 0 Å². The Morgan fingerprint density at radius 1 is 1.26 bits per heavy atom. The van der Waals surface area contributed by atoms with Gasteiger partial charge in [0.1, 0.15) is 5.82 Å². The third-order valence-electron chi connectivity index (χ3n) is 2.91. The molecule has 0 aliphatic heterocycles. The summed E-state index contributed by atoms with van der Waals surface area (Å²) in [5.41, 5.74) is -0.0626. The second-order valence-electron chi connectivity index (χ2n) is 6.34. The van der Waals surface area contributed by atoms with Gasteiger partial charge in [0.2, 0.25) is 0 Å². The molecule has 0 aliphatic carbocycles. The topological polar surface area (TPSA) is 32.3 Å². The normalized spacial score (nSPS) is 15.3. The first kappa shape index (κ1) is 16.4. The van der Waals surface area contributed by atoms with Crippen molar-refractivity contribution < 1.29 is 9.50 Å². The predicted molar refractivity (Wildman–Crippen MR) is 78.1 cm³/mol. The molecule has 1 unspecified atom stereocenters. The monoisotopic (exact) mass is 287 g/mol. The van der Waals surface area contributed by atoms with E-state index < -0.39 is 5.60 Å². The molecule has 4 heteroatoms. The van der Waals surface area contributed by atoms with Crippen LogP contribution >= 0.6 is 11.6 Å². The number of benzene rings is 1. The molecule has 0 spiro atoms. The van der Waals surface area contributed by atoms with Crippen molar-refractivity contribution in [1.29, 1.82) is 0 Å². The molecular weight excluding hydrogens is 265 g/mol. The fourth-order valence-electron chi connectivity index (χ4n) is 1.87. The standard InChI is InChI=1S/C15H23ClFNO/c1-14(2,3)18-8-7-15(4,19)10-11-5-6-12(17)9-13(11)16/h5-6,9,18-19H,7-8,10H2,1-4H3. The second kappa shape index (κ2) is 6.21. The van der Waals surface area contributed by atoms with E-state index in [0.717, 1.165) is 12.1 Å². The minimum absolute atomic E-state index is 0.0313. The summed E-state index contributed by atoms with van der Waals surface area (Å²) in [5.74, 6) is -0.359. The largest absolute Gasteiger partial charge is 0.390 e. The van der Waals surface area contributed by atoms with Gasteiger partial charge < -0.3 is 10.4 Å². The SMILES string of the molecule is CC(O)(CCNC(C)(C)C)Cc1ccc(F)cc1Cl. The van der Waals surface area contributed by atoms with Crippen LogP contribution in [0.5, 0.6) is 0 Å². The molecule has 0 fully saturated rings. The predicted octanol–water partition coefficient (Wildman–Crippen LogP) is 3.55. The van der Waals surface area contributed by atoms with Gasteiger partial charge in [0.25, 0.3) is 0 Å². The summed E-state index contributed by atoms with van der Waals surface area (Å²) in [6, 6.07) is 4.27. The van der Waals surface area contributed by atoms with Crippen molar-refractivity contribution in [3.05, 3.63) is 34.6 Å². The van der Waals surface area contributed by atoms with Crippen LogP contribution < -0.4 is 5.32 Å². The van der Waals surface area contributed by atoms with E-state index in [1.165, 1.54) is 12.1 Å². The summed E-state index contributed by atoms with van der Waals surface area (Å²) in [6.07, 6.45) is 1.02. The molecule has 0 bridgehead atoms. The molecule has 0 heterocycles. The highest BCUT2D eigenvalue weighted by atomic mass is 35.5. The molecule has 0 saturated carbocycles. The lowest BCUT2D eigenvalue weighted by Gasteiger charge is -2.27. The van der Waals surface area contributed by atoms with Crippen molar-refractivity contribution in [2.45, 2.75) is 51.7 Å². The van der Waals surface area contributed by atoms with Gasteiger partial charge in [-0.3, -0.25) is 0 Å². The molecule has 1 rings (SSSR count). The third kappa shape index (κ3) is 6.37. The van der Waals surface area contributed by atoms with Gasteiger partial charge in [-0.25, -0.2) is 4.39 Å². The van der Waals surface area contributed by atoms with E-state index in [4.69, 9.17) is 11.6 Å². The third-order valence-corrected chi connectivity index (χ3v) is 3.26. The van der Waals surface area contributed by atoms with Gasteiger partial charge in [0, 0.05) is 17.0 Å². The summed E-state index contributed by atoms with van der Waals surface area (Å²) < 4.78 is 13.0. The Kier molecular flexibility index (Phi) is 5.36. The van der Waals surface area contributed by atoms with Gasteiger partial charge in [-0.1, -0.05) is 17.7 Å². The zero-order valence-corrected chi connectivity index (χ0v) is 12.8. The maximum absolute atomic E-state index is 13.0. The zero-order valence-electron chi connectivity index (χ0n) is 12.1. The van der Waals surface area contributed by atoms with Crippen molar-refractivity contribution in [2.75, 3.05) is 6.54 Å². The average Bonchev–Trinajstić information content (AvgIpc) is 2.20. The Hall–Kier alpha value is -0.640. The average molecular weight is 288 g/mol. The molecule has 0 amide bonds. The molecule has 0 aromatic heterocycles. The summed E-state index contributed by atoms with van der Waals surface area (Å²) >= 11 is 5.98. The smallest absolute Gasteiger partial charge is 0.124 e. The Balaban J connectivity index is 2.58. The highest BCUT2D eigenvalue weighted by molar-refractivity contribution is 6.31. The highest BCUT2D eigenvalue weighted by Crippen LogP contribution is 2.24. The molecule has 19 heavy (non-hydrogen) atoms. The number of hydrogen-bond donors (Lipinski definition) is 2. The Labute approximate surface area is 120 Å². The van der Waals surface area contributed by atoms with Crippen molar-refractivity contribution in [1.82, 2.24) is 5.32 Å². The molecule has 1 atom stereocenters. The van der Waals surface area contributed by atoms with E-state index in [1.807, 2.05) is 0 Å². The summed E-state index contributed by atoms with van der Waals surface area (Å²) in [6.45, 7) is 8.74. The molecule has 0 radical (unpaired) electrons. The van der Waals surface area contributed by atoms with Crippen LogP contribution in [-0.4, -0.2) is 22.8 Å². The summed E-state index contributed by atoms with van der Waals surface area (Å²) in [5, 5.41) is 14.1. The van der Waals surface area contributed by atoms with Gasteiger partial charge in [-0.15, -0.1) is 0 Å². The number of hydrogen-bond acceptors (Lipinski definition) is 2. The van der Waals surface area contributed by atoms with Crippen LogP contribution in [0.1, 0.15) is 39.7 Å². The zero-order chi connectivity index (χ0) is 14.7. The highest BCUT2D eigenvalue weighted by Gasteiger charge is 2.23. The summed E-state index contributed by atoms with van der Waals surface area (Å²) in [7, 11) is 0. The quantitative estimate of drug-likeness (QED) is 0.868. The maximum Gasteiger partial charge on any atom is 0.124 e. The summed E-state index contributed by atoms with van der Waals surface area (Å²) in [4.78, 5) is 0. The Morgan fingerprint density at radius 3 is 2.42 bits per heavy atom. The van der Waals surface area contributed by atoms with Gasteiger partial charge in [-0.05, 0) is 58.4 Å². The first-order valence-corrected chi connectivity index (χ1v) is 6.88. The maximum atomic E-state index is 13.0. The molecule has 0 saturated heterocycles. The number of rotatable bonds is 5. The van der Waals surface area contributed by atoms with E-state index in [9.17, 15) is 9.50 Å². The Morgan fingerprint density at radius 2 is 1.89 bits per heavy atom. The fraction of sp³-hybridized carbons (Fsp3) is 0.600. The first-order valence-electron chi connectivity index (χ1n) is 6.50. The van der Waals surface area contributed by atoms with Gasteiger partial charge in [0.05, 0.1) is 5.60 Å². The van der Waals surface area contributed by atoms with E-state index in [-0.39, 0.29) is 11.4 Å².